The van der Waals surface area contributed by atoms with Crippen molar-refractivity contribution < 1.29 is 0 Å². The molecule has 1 aliphatic heterocycles. The van der Waals surface area contributed by atoms with E-state index >= 15 is 0 Å². The molecular formula is C22H48N4. The van der Waals surface area contributed by atoms with Gasteiger partial charge in [-0.25, -0.2) is 0 Å². The maximum absolute atomic E-state index is 5.50. The van der Waals surface area contributed by atoms with E-state index in [4.69, 9.17) is 5.73 Å². The number of rotatable bonds is 12. The van der Waals surface area contributed by atoms with Gasteiger partial charge in [0.2, 0.25) is 0 Å². The molecule has 0 aliphatic carbocycles. The summed E-state index contributed by atoms with van der Waals surface area (Å²) in [6.07, 6.45) is 19.3. The van der Waals surface area contributed by atoms with Crippen LogP contribution >= 0.6 is 0 Å². The van der Waals surface area contributed by atoms with E-state index in [-0.39, 0.29) is 0 Å². The molecule has 1 fully saturated rings. The Labute approximate surface area is 164 Å². The van der Waals surface area contributed by atoms with Crippen LogP contribution in [-0.4, -0.2) is 57.3 Å². The molecule has 4 heteroatoms. The van der Waals surface area contributed by atoms with E-state index in [0.29, 0.717) is 0 Å². The minimum absolute atomic E-state index is 0.820. The van der Waals surface area contributed by atoms with E-state index in [9.17, 15) is 0 Å². The van der Waals surface area contributed by atoms with Gasteiger partial charge < -0.3 is 21.3 Å². The summed E-state index contributed by atoms with van der Waals surface area (Å²) in [6, 6.07) is 0. The zero-order valence-electron chi connectivity index (χ0n) is 17.6. The summed E-state index contributed by atoms with van der Waals surface area (Å²) < 4.78 is 0. The van der Waals surface area contributed by atoms with Crippen LogP contribution in [0.2, 0.25) is 0 Å². The minimum Gasteiger partial charge on any atom is -0.330 e. The van der Waals surface area contributed by atoms with Gasteiger partial charge in [0.25, 0.3) is 0 Å². The van der Waals surface area contributed by atoms with Crippen LogP contribution < -0.4 is 16.4 Å². The smallest absolute Gasteiger partial charge is 0.000664 e. The first kappa shape index (κ1) is 23.9. The van der Waals surface area contributed by atoms with E-state index in [0.717, 1.165) is 32.6 Å². The molecular weight excluding hydrogens is 320 g/mol. The maximum atomic E-state index is 5.50. The van der Waals surface area contributed by atoms with Crippen LogP contribution in [0.25, 0.3) is 0 Å². The van der Waals surface area contributed by atoms with Crippen molar-refractivity contribution in [3.05, 3.63) is 0 Å². The molecule has 26 heavy (non-hydrogen) atoms. The van der Waals surface area contributed by atoms with Crippen molar-refractivity contribution in [2.24, 2.45) is 5.73 Å². The zero-order valence-corrected chi connectivity index (χ0v) is 17.6. The summed E-state index contributed by atoms with van der Waals surface area (Å²) in [5, 5.41) is 7.11. The molecule has 0 amide bonds. The van der Waals surface area contributed by atoms with Crippen molar-refractivity contribution in [2.75, 3.05) is 52.4 Å². The lowest BCUT2D eigenvalue weighted by Crippen LogP contribution is -2.30. The highest BCUT2D eigenvalue weighted by atomic mass is 15.1. The van der Waals surface area contributed by atoms with Crippen molar-refractivity contribution in [3.8, 4) is 0 Å². The number of nitrogens with zero attached hydrogens (tertiary/aromatic N) is 1. The molecule has 0 saturated carbocycles. The Kier molecular flexibility index (Phi) is 18.0. The molecule has 0 spiro atoms. The summed E-state index contributed by atoms with van der Waals surface area (Å²) in [5.41, 5.74) is 5.50. The number of unbranched alkanes of at least 4 members (excludes halogenated alkanes) is 1. The summed E-state index contributed by atoms with van der Waals surface area (Å²) in [7, 11) is 0. The Morgan fingerprint density at radius 1 is 0.538 bits per heavy atom. The van der Waals surface area contributed by atoms with Crippen molar-refractivity contribution in [2.45, 2.75) is 89.9 Å². The molecule has 1 rings (SSSR count). The Morgan fingerprint density at radius 3 is 1.54 bits per heavy atom. The number of hydrogen-bond acceptors (Lipinski definition) is 4. The fraction of sp³-hybridized carbons (Fsp3) is 1.00. The lowest BCUT2D eigenvalue weighted by Gasteiger charge is -2.22. The Hall–Kier alpha value is -0.160. The van der Waals surface area contributed by atoms with Crippen molar-refractivity contribution >= 4 is 0 Å². The van der Waals surface area contributed by atoms with Crippen LogP contribution in [0.15, 0.2) is 0 Å². The first-order valence-electron chi connectivity index (χ1n) is 11.8. The van der Waals surface area contributed by atoms with E-state index in [1.807, 2.05) is 0 Å². The number of nitrogens with two attached hydrogens (primary N) is 1. The van der Waals surface area contributed by atoms with Gasteiger partial charge in [-0.05, 0) is 90.9 Å². The molecule has 0 aromatic rings. The van der Waals surface area contributed by atoms with E-state index in [1.54, 1.807) is 0 Å². The monoisotopic (exact) mass is 368 g/mol. The molecule has 0 bridgehead atoms. The molecule has 0 atom stereocenters. The van der Waals surface area contributed by atoms with Gasteiger partial charge in [-0.15, -0.1) is 0 Å². The Balaban J connectivity index is 1.97. The second kappa shape index (κ2) is 19.6. The average molecular weight is 369 g/mol. The van der Waals surface area contributed by atoms with Crippen LogP contribution in [0.5, 0.6) is 0 Å². The van der Waals surface area contributed by atoms with Gasteiger partial charge in [0.1, 0.15) is 0 Å². The second-order valence-corrected chi connectivity index (χ2v) is 8.08. The van der Waals surface area contributed by atoms with Crippen LogP contribution in [-0.2, 0) is 0 Å². The highest BCUT2D eigenvalue weighted by Crippen LogP contribution is 2.13. The third kappa shape index (κ3) is 16.0. The predicted molar refractivity (Wildman–Crippen MR) is 116 cm³/mol. The Morgan fingerprint density at radius 2 is 1.00 bits per heavy atom. The van der Waals surface area contributed by atoms with Crippen LogP contribution in [0.4, 0.5) is 0 Å². The quantitative estimate of drug-likeness (QED) is 0.457. The lowest BCUT2D eigenvalue weighted by molar-refractivity contribution is 0.257. The van der Waals surface area contributed by atoms with Crippen molar-refractivity contribution in [1.29, 1.82) is 0 Å². The van der Waals surface area contributed by atoms with E-state index in [1.165, 1.54) is 110 Å². The largest absolute Gasteiger partial charge is 0.330 e. The van der Waals surface area contributed by atoms with Crippen LogP contribution in [0, 0.1) is 0 Å². The fourth-order valence-corrected chi connectivity index (χ4v) is 3.83. The summed E-state index contributed by atoms with van der Waals surface area (Å²) in [6.45, 7) is 9.31. The highest BCUT2D eigenvalue weighted by Gasteiger charge is 2.05. The minimum atomic E-state index is 0.820. The highest BCUT2D eigenvalue weighted by molar-refractivity contribution is 4.62. The molecule has 1 aliphatic rings. The third-order valence-electron chi connectivity index (χ3n) is 5.54. The second-order valence-electron chi connectivity index (χ2n) is 8.08. The average Bonchev–Trinajstić information content (AvgIpc) is 2.68. The van der Waals surface area contributed by atoms with Gasteiger partial charge in [0, 0.05) is 0 Å². The van der Waals surface area contributed by atoms with Crippen molar-refractivity contribution in [1.82, 2.24) is 15.5 Å². The van der Waals surface area contributed by atoms with Gasteiger partial charge >= 0.3 is 0 Å². The molecule has 1 heterocycles. The first-order valence-corrected chi connectivity index (χ1v) is 11.8. The molecule has 4 nitrogen and oxygen atoms in total. The van der Waals surface area contributed by atoms with E-state index in [2.05, 4.69) is 15.5 Å². The summed E-state index contributed by atoms with van der Waals surface area (Å²) in [4.78, 5) is 2.73. The van der Waals surface area contributed by atoms with Crippen molar-refractivity contribution in [3.63, 3.8) is 0 Å². The van der Waals surface area contributed by atoms with Gasteiger partial charge in [0.15, 0.2) is 0 Å². The molecule has 0 radical (unpaired) electrons. The number of hydrogen-bond donors (Lipinski definition) is 3. The van der Waals surface area contributed by atoms with Crippen LogP contribution in [0.1, 0.15) is 89.9 Å². The first-order chi connectivity index (χ1) is 12.9. The molecule has 0 unspecified atom stereocenters. The van der Waals surface area contributed by atoms with E-state index < -0.39 is 0 Å². The maximum Gasteiger partial charge on any atom is -0.000664 e. The summed E-state index contributed by atoms with van der Waals surface area (Å²) in [5.74, 6) is 0. The molecule has 4 N–H and O–H groups in total. The van der Waals surface area contributed by atoms with Gasteiger partial charge in [-0.3, -0.25) is 0 Å². The topological polar surface area (TPSA) is 53.3 Å². The zero-order chi connectivity index (χ0) is 18.5. The number of nitrogens with one attached hydrogen (secondary N) is 2. The normalized spacial score (nSPS) is 18.8. The predicted octanol–water partition coefficient (Wildman–Crippen LogP) is 3.90. The standard InChI is InChI=1S/C22H48N4/c23-15-9-10-16-24-17-13-18-25-19-14-22-26-20-11-7-5-3-1-2-4-6-8-12-21-26/h24-25H,1-23H2. The summed E-state index contributed by atoms with van der Waals surface area (Å²) >= 11 is 0. The van der Waals surface area contributed by atoms with Crippen LogP contribution in [0.3, 0.4) is 0 Å². The lowest BCUT2D eigenvalue weighted by atomic mass is 10.1. The molecule has 0 aromatic carbocycles. The molecule has 0 aromatic heterocycles. The third-order valence-corrected chi connectivity index (χ3v) is 5.54. The molecule has 1 saturated heterocycles. The SMILES string of the molecule is NCCCCNCCCNCCCN1CCCCCCCCCCCC1. The van der Waals surface area contributed by atoms with Gasteiger partial charge in [0.05, 0.1) is 0 Å². The van der Waals surface area contributed by atoms with Gasteiger partial charge in [-0.2, -0.15) is 0 Å². The molecule has 156 valence electrons. The van der Waals surface area contributed by atoms with Gasteiger partial charge in [-0.1, -0.05) is 51.4 Å². The fourth-order valence-electron chi connectivity index (χ4n) is 3.83. The Bertz CT molecular complexity index is 259.